The number of amides is 4. The first-order valence-electron chi connectivity index (χ1n) is 34.2. The zero-order valence-corrected chi connectivity index (χ0v) is 54.0. The van der Waals surface area contributed by atoms with Gasteiger partial charge in [0.15, 0.2) is 0 Å². The lowest BCUT2D eigenvalue weighted by Gasteiger charge is -2.50. The maximum atomic E-state index is 13.4. The van der Waals surface area contributed by atoms with Gasteiger partial charge in [0.25, 0.3) is 0 Å². The molecule has 0 spiro atoms. The van der Waals surface area contributed by atoms with Crippen LogP contribution in [0.1, 0.15) is 131 Å². The lowest BCUT2D eigenvalue weighted by Crippen LogP contribution is -2.55. The first kappa shape index (κ1) is 59.0. The average molecular weight is 1260 g/mol. The number of carbonyl (C=O) groups is 4. The van der Waals surface area contributed by atoms with E-state index >= 15 is 0 Å². The third kappa shape index (κ3) is 7.99. The Labute approximate surface area is 548 Å². The molecule has 0 radical (unpaired) electrons. The Bertz CT molecular complexity index is 4230. The molecule has 4 aliphatic heterocycles. The van der Waals surface area contributed by atoms with Gasteiger partial charge in [-0.25, -0.2) is 19.2 Å². The number of benzene rings is 6. The zero-order chi connectivity index (χ0) is 63.9. The number of rotatable bonds is 7. The van der Waals surface area contributed by atoms with Crippen LogP contribution in [0.5, 0.6) is 0 Å². The fraction of sp³-hybridized carbons (Fsp3) is 0.474. The van der Waals surface area contributed by atoms with Crippen molar-refractivity contribution in [2.24, 2.45) is 42.5 Å². The number of hydrogen-bond acceptors (Lipinski definition) is 14. The summed E-state index contributed by atoms with van der Waals surface area (Å²) in [6.07, 6.45) is 13.5. The van der Waals surface area contributed by atoms with Crippen molar-refractivity contribution in [3.05, 3.63) is 200 Å². The van der Waals surface area contributed by atoms with Gasteiger partial charge in [-0.15, -0.1) is 0 Å². The summed E-state index contributed by atoms with van der Waals surface area (Å²) in [7, 11) is 5.82. The quantitative estimate of drug-likeness (QED) is 0.111. The van der Waals surface area contributed by atoms with Crippen LogP contribution in [0.15, 0.2) is 164 Å². The van der Waals surface area contributed by atoms with Crippen molar-refractivity contribution in [3.63, 3.8) is 0 Å². The molecule has 6 aromatic carbocycles. The molecule has 6 aromatic rings. The second kappa shape index (κ2) is 21.9. The summed E-state index contributed by atoms with van der Waals surface area (Å²) in [5.74, 6) is 1.00. The van der Waals surface area contributed by atoms with Gasteiger partial charge in [-0.2, -0.15) is 30.7 Å². The minimum absolute atomic E-state index is 0.00234. The van der Waals surface area contributed by atoms with Crippen LogP contribution in [-0.4, -0.2) is 123 Å². The van der Waals surface area contributed by atoms with E-state index in [2.05, 4.69) is 109 Å². The second-order valence-electron chi connectivity index (χ2n) is 28.6. The molecule has 94 heavy (non-hydrogen) atoms. The predicted octanol–water partition coefficient (Wildman–Crippen LogP) is 14.3. The fourth-order valence-corrected chi connectivity index (χ4v) is 21.8. The molecule has 6 fully saturated rings. The number of methoxy groups -OCH3 is 4. The molecule has 18 nitrogen and oxygen atoms in total. The van der Waals surface area contributed by atoms with Crippen molar-refractivity contribution in [1.29, 1.82) is 0 Å². The summed E-state index contributed by atoms with van der Waals surface area (Å²) in [6, 6.07) is 46.7. The average Bonchev–Trinajstić information content (AvgIpc) is 1.49. The molecule has 4 heterocycles. The summed E-state index contributed by atoms with van der Waals surface area (Å²) < 4.78 is 21.0. The molecule has 482 valence electrons. The maximum Gasteiger partial charge on any atom is 0.409 e. The van der Waals surface area contributed by atoms with Gasteiger partial charge in [0.1, 0.15) is 22.2 Å². The van der Waals surface area contributed by atoms with E-state index in [-0.39, 0.29) is 64.9 Å². The van der Waals surface area contributed by atoms with Crippen LogP contribution in [0.25, 0.3) is 0 Å². The Balaban J connectivity index is 0.000000143. The smallest absolute Gasteiger partial charge is 0.409 e. The summed E-state index contributed by atoms with van der Waals surface area (Å²) in [4.78, 5) is 59.6. The van der Waals surface area contributed by atoms with Gasteiger partial charge in [0.05, 0.1) is 57.9 Å². The molecule has 18 rings (SSSR count). The Morgan fingerprint density at radius 2 is 0.734 bits per heavy atom. The van der Waals surface area contributed by atoms with E-state index < -0.39 is 16.6 Å². The van der Waals surface area contributed by atoms with Crippen LogP contribution in [0, 0.1) is 11.8 Å². The monoisotopic (exact) mass is 1260 g/mol. The van der Waals surface area contributed by atoms with Crippen LogP contribution in [0.2, 0.25) is 0 Å². The second-order valence-corrected chi connectivity index (χ2v) is 28.6. The molecule has 0 N–H and O–H groups in total. The highest BCUT2D eigenvalue weighted by Gasteiger charge is 2.71. The van der Waals surface area contributed by atoms with Crippen molar-refractivity contribution in [3.8, 4) is 0 Å². The highest BCUT2D eigenvalue weighted by molar-refractivity contribution is 5.74. The number of likely N-dealkylation sites (tertiary alicyclic amines) is 4. The first-order valence-corrected chi connectivity index (χ1v) is 34.2. The lowest BCUT2D eigenvalue weighted by atomic mass is 9.53. The largest absolute Gasteiger partial charge is 0.453 e. The van der Waals surface area contributed by atoms with E-state index in [0.29, 0.717) is 70.1 Å². The molecule has 8 aliphatic carbocycles. The molecule has 0 bridgehead atoms. The van der Waals surface area contributed by atoms with Crippen molar-refractivity contribution < 1.29 is 38.1 Å². The number of azo groups is 3. The van der Waals surface area contributed by atoms with Crippen molar-refractivity contribution in [2.45, 2.75) is 160 Å². The third-order valence-electron chi connectivity index (χ3n) is 25.5. The van der Waals surface area contributed by atoms with Crippen molar-refractivity contribution in [2.75, 3.05) is 54.6 Å². The first-order chi connectivity index (χ1) is 45.9. The number of carbonyl (C=O) groups excluding carboxylic acids is 4. The van der Waals surface area contributed by atoms with Gasteiger partial charge in [0, 0.05) is 43.1 Å². The summed E-state index contributed by atoms with van der Waals surface area (Å²) in [5.41, 5.74) is 14.2. The predicted molar refractivity (Wildman–Crippen MR) is 350 cm³/mol. The van der Waals surface area contributed by atoms with Gasteiger partial charge >= 0.3 is 24.4 Å². The van der Waals surface area contributed by atoms with Crippen LogP contribution >= 0.6 is 0 Å². The molecule has 12 aliphatic rings. The van der Waals surface area contributed by atoms with Crippen molar-refractivity contribution >= 4 is 35.7 Å². The minimum Gasteiger partial charge on any atom is -0.453 e. The number of ether oxygens (including phenoxy) is 4. The topological polar surface area (TPSA) is 192 Å². The van der Waals surface area contributed by atoms with Gasteiger partial charge < -0.3 is 38.5 Å². The summed E-state index contributed by atoms with van der Waals surface area (Å²) in [6.45, 7) is 2.40. The summed E-state index contributed by atoms with van der Waals surface area (Å²) >= 11 is 0. The maximum absolute atomic E-state index is 13.4. The lowest BCUT2D eigenvalue weighted by molar-refractivity contribution is 0.0923. The fourth-order valence-electron chi connectivity index (χ4n) is 21.8. The Hall–Kier alpha value is -8.80. The Morgan fingerprint density at radius 3 is 1.29 bits per heavy atom. The van der Waals surface area contributed by atoms with Gasteiger partial charge in [0.2, 0.25) is 0 Å². The third-order valence-corrected chi connectivity index (χ3v) is 25.5. The molecule has 4 unspecified atom stereocenters. The highest BCUT2D eigenvalue weighted by Crippen LogP contribution is 2.70. The van der Waals surface area contributed by atoms with Crippen LogP contribution in [-0.2, 0) is 90.5 Å². The number of fused-ring (bicyclic) bond motifs is 19. The Morgan fingerprint density at radius 1 is 0.351 bits per heavy atom. The SMILES string of the molecule is COC(=O)N1CC[C@]2(N=Nc3cccc4c3CC3N(C(=O)OC)CC[C@]43N=N[C@@]34CCCC3Cc3ccccc34)c3ccccc3CC12.COC(=O)N1CC[C@]2(N=Nc3cccc4c3C[C@@H]3N(C(=O)OC)CC[C@]43[C@@]34CCC[C@@H]3Cc3ccccc34)c3ccccc3CC12. The van der Waals surface area contributed by atoms with E-state index in [1.807, 2.05) is 39.0 Å². The van der Waals surface area contributed by atoms with Crippen LogP contribution < -0.4 is 0 Å². The molecular weight excluding hydrogens is 1180 g/mol. The van der Waals surface area contributed by atoms with E-state index in [1.165, 1.54) is 85.8 Å². The molecule has 2 saturated carbocycles. The molecular formula is C76H80N10O8. The van der Waals surface area contributed by atoms with Gasteiger partial charge in [-0.3, -0.25) is 0 Å². The zero-order valence-electron chi connectivity index (χ0n) is 54.0. The normalized spacial score (nSPS) is 32.7. The van der Waals surface area contributed by atoms with E-state index in [1.54, 1.807) is 4.90 Å². The van der Waals surface area contributed by atoms with E-state index in [9.17, 15) is 19.2 Å². The standard InChI is InChI=1S/C38H40N6O4.C38H40N4O4/c1-47-34(45)43-19-17-37(29-13-6-4-10-25(29)22-32(37)43)40-39-31-15-7-14-30-27(31)23-33-38(30,18-20-44(33)35(46)48-2)42-41-36-16-8-11-26(36)21-24-9-3-5-12-28(24)36;1-45-34(43)41-19-17-37(36-16-8-11-26(36)21-24-9-3-5-12-28(24)36)30-14-7-15-31(27(30)23-32(37)41)39-40-38-18-20-42(35(44)46-2)33(38)22-25-10-4-6-13-29(25)38/h3-7,9-10,12-15,26,32-33H,8,11,16-23H2,1-2H3;3-7,9-10,12-15,26,32-33H,8,11,16-23H2,1-2H3/t26?,32?,33?,36-,37-,38-;26-,32+,33?,36+,37+,38+/m01/s1. The van der Waals surface area contributed by atoms with Crippen LogP contribution in [0.4, 0.5) is 30.6 Å². The molecule has 0 aromatic heterocycles. The summed E-state index contributed by atoms with van der Waals surface area (Å²) in [5, 5.41) is 31.3. The Kier molecular flexibility index (Phi) is 13.7. The number of nitrogens with zero attached hydrogens (tertiary/aromatic N) is 10. The van der Waals surface area contributed by atoms with Gasteiger partial charge in [-0.05, 0) is 181 Å². The van der Waals surface area contributed by atoms with Gasteiger partial charge in [-0.1, -0.05) is 134 Å². The van der Waals surface area contributed by atoms with E-state index in [4.69, 9.17) is 49.6 Å². The van der Waals surface area contributed by atoms with E-state index in [0.717, 1.165) is 91.4 Å². The molecule has 12 atom stereocenters. The molecule has 18 heteroatoms. The van der Waals surface area contributed by atoms with Crippen molar-refractivity contribution in [1.82, 2.24) is 19.6 Å². The molecule has 4 amide bonds. The highest BCUT2D eigenvalue weighted by atomic mass is 16.6. The number of hydrogen-bond donors (Lipinski definition) is 0. The minimum atomic E-state index is -0.690. The van der Waals surface area contributed by atoms with Crippen LogP contribution in [0.3, 0.4) is 0 Å². The molecule has 4 saturated heterocycles.